The van der Waals surface area contributed by atoms with Crippen LogP contribution in [0.4, 0.5) is 11.4 Å². The molecule has 1 fully saturated rings. The summed E-state index contributed by atoms with van der Waals surface area (Å²) in [6, 6.07) is 8.25. The fourth-order valence-corrected chi connectivity index (χ4v) is 6.67. The van der Waals surface area contributed by atoms with Gasteiger partial charge in [0.05, 0.1) is 26.2 Å². The molecule has 0 aromatic heterocycles. The minimum atomic E-state index is -3.72. The molecule has 0 bridgehead atoms. The third-order valence-electron chi connectivity index (χ3n) is 7.00. The molecule has 2 aliphatic rings. The summed E-state index contributed by atoms with van der Waals surface area (Å²) in [5.41, 5.74) is 2.12. The van der Waals surface area contributed by atoms with E-state index in [2.05, 4.69) is 5.32 Å². The Kier molecular flexibility index (Phi) is 7.65. The molecule has 200 valence electrons. The molecule has 0 aliphatic carbocycles. The summed E-state index contributed by atoms with van der Waals surface area (Å²) in [7, 11) is 0.783. The number of amides is 2. The van der Waals surface area contributed by atoms with Crippen molar-refractivity contribution < 1.29 is 32.2 Å². The van der Waals surface area contributed by atoms with Gasteiger partial charge in [-0.1, -0.05) is 0 Å². The first-order valence-electron chi connectivity index (χ1n) is 12.1. The van der Waals surface area contributed by atoms with Gasteiger partial charge < -0.3 is 24.4 Å². The summed E-state index contributed by atoms with van der Waals surface area (Å²) in [6.07, 6.45) is 1.41. The van der Waals surface area contributed by atoms with Gasteiger partial charge in [0.2, 0.25) is 27.6 Å². The van der Waals surface area contributed by atoms with Crippen LogP contribution in [0.1, 0.15) is 32.3 Å². The Morgan fingerprint density at radius 2 is 1.59 bits per heavy atom. The highest BCUT2D eigenvalue weighted by Crippen LogP contribution is 2.40. The summed E-state index contributed by atoms with van der Waals surface area (Å²) < 4.78 is 44.1. The zero-order valence-electron chi connectivity index (χ0n) is 21.7. The van der Waals surface area contributed by atoms with E-state index in [-0.39, 0.29) is 41.8 Å². The van der Waals surface area contributed by atoms with Gasteiger partial charge in [-0.15, -0.1) is 0 Å². The number of ether oxygens (including phenoxy) is 3. The zero-order valence-corrected chi connectivity index (χ0v) is 22.6. The molecule has 0 saturated carbocycles. The molecule has 2 heterocycles. The Morgan fingerprint density at radius 3 is 2.14 bits per heavy atom. The molecular formula is C26H33N3O7S. The van der Waals surface area contributed by atoms with Gasteiger partial charge in [0.1, 0.15) is 0 Å². The van der Waals surface area contributed by atoms with Crippen LogP contribution in [-0.4, -0.2) is 65.0 Å². The monoisotopic (exact) mass is 531 g/mol. The average molecular weight is 532 g/mol. The third-order valence-corrected chi connectivity index (χ3v) is 8.90. The number of hydrogen-bond donors (Lipinski definition) is 1. The smallest absolute Gasteiger partial charge is 0.243 e. The number of anilines is 2. The maximum Gasteiger partial charge on any atom is 0.243 e. The van der Waals surface area contributed by atoms with Crippen molar-refractivity contribution >= 4 is 33.2 Å². The number of nitrogens with zero attached hydrogens (tertiary/aromatic N) is 2. The molecule has 0 unspecified atom stereocenters. The van der Waals surface area contributed by atoms with Crippen molar-refractivity contribution in [2.24, 2.45) is 5.92 Å². The Labute approximate surface area is 217 Å². The third kappa shape index (κ3) is 5.10. The number of methoxy groups -OCH3 is 3. The van der Waals surface area contributed by atoms with Crippen LogP contribution in [0.25, 0.3) is 0 Å². The van der Waals surface area contributed by atoms with Crippen molar-refractivity contribution in [3.05, 3.63) is 35.9 Å². The molecule has 2 aliphatic heterocycles. The lowest BCUT2D eigenvalue weighted by atomic mass is 9.97. The van der Waals surface area contributed by atoms with Crippen LogP contribution >= 0.6 is 0 Å². The summed E-state index contributed by atoms with van der Waals surface area (Å²) in [5.74, 6) is 0.685. The second-order valence-electron chi connectivity index (χ2n) is 9.31. The molecule has 1 saturated heterocycles. The van der Waals surface area contributed by atoms with Gasteiger partial charge >= 0.3 is 0 Å². The first kappa shape index (κ1) is 26.7. The summed E-state index contributed by atoms with van der Waals surface area (Å²) in [5, 5.41) is 2.89. The maximum absolute atomic E-state index is 13.4. The van der Waals surface area contributed by atoms with Crippen molar-refractivity contribution in [3.63, 3.8) is 0 Å². The Morgan fingerprint density at radius 1 is 0.973 bits per heavy atom. The van der Waals surface area contributed by atoms with Crippen LogP contribution in [0.15, 0.2) is 35.2 Å². The standard InChI is InChI=1S/C26H33N3O7S/c1-16-12-19-13-21(6-7-22(19)29(16)17(2)30)37(32,33)28-10-8-18(9-11-28)26(31)27-20-14-23(34-3)25(36-5)24(15-20)35-4/h6-7,13-16,18H,8-12H2,1-5H3,(H,27,31)/t16-/m1/s1. The van der Waals surface area contributed by atoms with Crippen LogP contribution in [0.5, 0.6) is 17.2 Å². The SMILES string of the molecule is COc1cc(NC(=O)C2CCN(S(=O)(=O)c3ccc4c(c3)C[C@@H](C)N4C(C)=O)CC2)cc(OC)c1OC. The van der Waals surface area contributed by atoms with Crippen molar-refractivity contribution in [1.29, 1.82) is 0 Å². The van der Waals surface area contributed by atoms with E-state index >= 15 is 0 Å². The Balaban J connectivity index is 1.43. The number of sulfonamides is 1. The number of carbonyl (C=O) groups excluding carboxylic acids is 2. The Hall–Kier alpha value is -3.31. The largest absolute Gasteiger partial charge is 0.493 e. The number of piperidine rings is 1. The van der Waals surface area contributed by atoms with E-state index in [1.807, 2.05) is 6.92 Å². The number of hydrogen-bond acceptors (Lipinski definition) is 7. The quantitative estimate of drug-likeness (QED) is 0.584. The van der Waals surface area contributed by atoms with Gasteiger partial charge in [0.25, 0.3) is 0 Å². The first-order valence-corrected chi connectivity index (χ1v) is 13.6. The molecule has 0 spiro atoms. The highest BCUT2D eigenvalue weighted by Gasteiger charge is 2.35. The van der Waals surface area contributed by atoms with Gasteiger partial charge in [-0.3, -0.25) is 9.59 Å². The molecular weight excluding hydrogens is 498 g/mol. The number of benzene rings is 2. The molecule has 2 amide bonds. The normalized spacial score (nSPS) is 18.3. The van der Waals surface area contributed by atoms with Crippen LogP contribution in [0.2, 0.25) is 0 Å². The van der Waals surface area contributed by atoms with Gasteiger partial charge in [-0.25, -0.2) is 8.42 Å². The van der Waals surface area contributed by atoms with Gasteiger partial charge in [0, 0.05) is 55.5 Å². The summed E-state index contributed by atoms with van der Waals surface area (Å²) in [6.45, 7) is 3.94. The topological polar surface area (TPSA) is 114 Å². The van der Waals surface area contributed by atoms with E-state index in [0.717, 1.165) is 11.3 Å². The van der Waals surface area contributed by atoms with E-state index in [4.69, 9.17) is 14.2 Å². The molecule has 1 N–H and O–H groups in total. The molecule has 4 rings (SSSR count). The lowest BCUT2D eigenvalue weighted by molar-refractivity contribution is -0.121. The predicted octanol–water partition coefficient (Wildman–Crippen LogP) is 3.05. The number of fused-ring (bicyclic) bond motifs is 1. The fourth-order valence-electron chi connectivity index (χ4n) is 5.15. The lowest BCUT2D eigenvalue weighted by Crippen LogP contribution is -2.41. The minimum Gasteiger partial charge on any atom is -0.493 e. The van der Waals surface area contributed by atoms with E-state index in [1.54, 1.807) is 35.2 Å². The zero-order chi connectivity index (χ0) is 26.9. The average Bonchev–Trinajstić information content (AvgIpc) is 3.23. The minimum absolute atomic E-state index is 0.00894. The van der Waals surface area contributed by atoms with Crippen molar-refractivity contribution in [1.82, 2.24) is 4.31 Å². The molecule has 0 radical (unpaired) electrons. The summed E-state index contributed by atoms with van der Waals surface area (Å²) in [4.78, 5) is 26.9. The van der Waals surface area contributed by atoms with Gasteiger partial charge in [-0.05, 0) is 49.9 Å². The molecule has 2 aromatic carbocycles. The van der Waals surface area contributed by atoms with Crippen LogP contribution in [0, 0.1) is 5.92 Å². The summed E-state index contributed by atoms with van der Waals surface area (Å²) >= 11 is 0. The highest BCUT2D eigenvalue weighted by atomic mass is 32.2. The fraction of sp³-hybridized carbons (Fsp3) is 0.462. The van der Waals surface area contributed by atoms with Gasteiger partial charge in [0.15, 0.2) is 11.5 Å². The van der Waals surface area contributed by atoms with Crippen molar-refractivity contribution in [2.45, 2.75) is 44.0 Å². The van der Waals surface area contributed by atoms with Crippen molar-refractivity contribution in [3.8, 4) is 17.2 Å². The van der Waals surface area contributed by atoms with Crippen LogP contribution < -0.4 is 24.4 Å². The first-order chi connectivity index (χ1) is 17.6. The highest BCUT2D eigenvalue weighted by molar-refractivity contribution is 7.89. The second-order valence-corrected chi connectivity index (χ2v) is 11.3. The second kappa shape index (κ2) is 10.6. The number of carbonyl (C=O) groups is 2. The number of rotatable bonds is 7. The van der Waals surface area contributed by atoms with Gasteiger partial charge in [-0.2, -0.15) is 4.31 Å². The van der Waals surface area contributed by atoms with Crippen molar-refractivity contribution in [2.75, 3.05) is 44.6 Å². The molecule has 37 heavy (non-hydrogen) atoms. The number of nitrogens with one attached hydrogen (secondary N) is 1. The molecule has 1 atom stereocenters. The maximum atomic E-state index is 13.4. The molecule has 11 heteroatoms. The van der Waals surface area contributed by atoms with E-state index in [1.165, 1.54) is 32.6 Å². The predicted molar refractivity (Wildman–Crippen MR) is 139 cm³/mol. The molecule has 2 aromatic rings. The van der Waals surface area contributed by atoms with E-state index in [0.29, 0.717) is 42.2 Å². The Bertz CT molecular complexity index is 1280. The lowest BCUT2D eigenvalue weighted by Gasteiger charge is -2.30. The van der Waals surface area contributed by atoms with Crippen LogP contribution in [0.3, 0.4) is 0 Å². The van der Waals surface area contributed by atoms with E-state index in [9.17, 15) is 18.0 Å². The van der Waals surface area contributed by atoms with E-state index < -0.39 is 10.0 Å². The molecule has 10 nitrogen and oxygen atoms in total. The van der Waals surface area contributed by atoms with Crippen LogP contribution in [-0.2, 0) is 26.0 Å².